The number of amides is 1. The number of para-hydroxylation sites is 2. The van der Waals surface area contributed by atoms with Crippen molar-refractivity contribution in [2.24, 2.45) is 0 Å². The molecule has 1 aromatic carbocycles. The first-order valence-electron chi connectivity index (χ1n) is 6.51. The van der Waals surface area contributed by atoms with Crippen molar-refractivity contribution >= 4 is 11.6 Å². The minimum absolute atomic E-state index is 0.0660. The molecule has 0 bridgehead atoms. The Hall–Kier alpha value is -1.55. The van der Waals surface area contributed by atoms with Gasteiger partial charge in [0, 0.05) is 12.1 Å². The molecule has 0 radical (unpaired) electrons. The third kappa shape index (κ3) is 2.59. The minimum Gasteiger partial charge on any atom is -0.495 e. The van der Waals surface area contributed by atoms with Gasteiger partial charge in [0.2, 0.25) is 5.91 Å². The molecule has 0 unspecified atom stereocenters. The summed E-state index contributed by atoms with van der Waals surface area (Å²) in [6.45, 7) is 8.65. The van der Waals surface area contributed by atoms with Crippen molar-refractivity contribution in [2.45, 2.75) is 38.8 Å². The Labute approximate surface area is 114 Å². The summed E-state index contributed by atoms with van der Waals surface area (Å²) in [5, 5.41) is 3.39. The lowest BCUT2D eigenvalue weighted by Crippen LogP contribution is -2.70. The summed E-state index contributed by atoms with van der Waals surface area (Å²) in [6.07, 6.45) is 0. The van der Waals surface area contributed by atoms with E-state index in [4.69, 9.17) is 4.74 Å². The lowest BCUT2D eigenvalue weighted by Gasteiger charge is -2.47. The minimum atomic E-state index is -0.581. The van der Waals surface area contributed by atoms with Gasteiger partial charge in [-0.15, -0.1) is 0 Å². The number of anilines is 1. The van der Waals surface area contributed by atoms with E-state index in [-0.39, 0.29) is 11.4 Å². The molecule has 1 aliphatic heterocycles. The fourth-order valence-electron chi connectivity index (χ4n) is 2.79. The highest BCUT2D eigenvalue weighted by Gasteiger charge is 2.44. The van der Waals surface area contributed by atoms with E-state index in [1.807, 2.05) is 43.0 Å². The quantitative estimate of drug-likeness (QED) is 0.888. The number of hydrogen-bond acceptors (Lipinski definition) is 3. The first kappa shape index (κ1) is 13.9. The molecule has 2 rings (SSSR count). The molecule has 0 saturated carbocycles. The van der Waals surface area contributed by atoms with Crippen molar-refractivity contribution in [1.29, 1.82) is 0 Å². The van der Waals surface area contributed by atoms with Crippen LogP contribution in [0.25, 0.3) is 0 Å². The van der Waals surface area contributed by atoms with Crippen LogP contribution in [0.2, 0.25) is 0 Å². The van der Waals surface area contributed by atoms with Crippen LogP contribution >= 0.6 is 0 Å². The van der Waals surface area contributed by atoms with Crippen LogP contribution in [-0.2, 0) is 4.79 Å². The van der Waals surface area contributed by atoms with Gasteiger partial charge in [-0.3, -0.25) is 10.1 Å². The van der Waals surface area contributed by atoms with Crippen molar-refractivity contribution in [3.05, 3.63) is 24.3 Å². The molecule has 1 fully saturated rings. The first-order chi connectivity index (χ1) is 8.77. The van der Waals surface area contributed by atoms with Crippen molar-refractivity contribution in [2.75, 3.05) is 18.6 Å². The molecule has 0 spiro atoms. The number of nitrogens with one attached hydrogen (secondary N) is 1. The molecule has 1 saturated heterocycles. The van der Waals surface area contributed by atoms with Crippen molar-refractivity contribution in [1.82, 2.24) is 5.32 Å². The molecule has 1 aliphatic rings. The molecule has 1 heterocycles. The fourth-order valence-corrected chi connectivity index (χ4v) is 2.79. The Morgan fingerprint density at radius 2 is 1.84 bits per heavy atom. The molecule has 104 valence electrons. The van der Waals surface area contributed by atoms with E-state index < -0.39 is 5.54 Å². The predicted octanol–water partition coefficient (Wildman–Crippen LogP) is 2.19. The zero-order valence-corrected chi connectivity index (χ0v) is 12.3. The largest absolute Gasteiger partial charge is 0.495 e. The van der Waals surface area contributed by atoms with E-state index in [9.17, 15) is 4.79 Å². The summed E-state index contributed by atoms with van der Waals surface area (Å²) in [6, 6.07) is 7.64. The number of rotatable bonds is 2. The number of nitrogens with zero attached hydrogens (tertiary/aromatic N) is 1. The molecule has 0 aliphatic carbocycles. The summed E-state index contributed by atoms with van der Waals surface area (Å²) in [5.74, 6) is 0.792. The van der Waals surface area contributed by atoms with Crippen molar-refractivity contribution < 1.29 is 9.53 Å². The Morgan fingerprint density at radius 1 is 1.21 bits per heavy atom. The molecule has 0 atom stereocenters. The molecule has 1 amide bonds. The molecular formula is C15H22N2O2. The van der Waals surface area contributed by atoms with Crippen LogP contribution in [0.4, 0.5) is 5.69 Å². The first-order valence-corrected chi connectivity index (χ1v) is 6.51. The summed E-state index contributed by atoms with van der Waals surface area (Å²) in [7, 11) is 1.63. The lowest BCUT2D eigenvalue weighted by molar-refractivity contribution is -0.126. The van der Waals surface area contributed by atoms with E-state index in [0.717, 1.165) is 11.4 Å². The molecular weight excluding hydrogens is 240 g/mol. The van der Waals surface area contributed by atoms with Crippen LogP contribution in [0.15, 0.2) is 24.3 Å². The summed E-state index contributed by atoms with van der Waals surface area (Å²) in [4.78, 5) is 14.4. The van der Waals surface area contributed by atoms with Crippen LogP contribution in [0.5, 0.6) is 5.75 Å². The van der Waals surface area contributed by atoms with Gasteiger partial charge in [-0.05, 0) is 39.8 Å². The number of ether oxygens (including phenoxy) is 1. The van der Waals surface area contributed by atoms with Gasteiger partial charge in [0.25, 0.3) is 0 Å². The Bertz CT molecular complexity index is 495. The Morgan fingerprint density at radius 3 is 2.47 bits per heavy atom. The van der Waals surface area contributed by atoms with Gasteiger partial charge < -0.3 is 9.64 Å². The number of benzene rings is 1. The Balaban J connectivity index is 2.45. The number of carbonyl (C=O) groups excluding carboxylic acids is 1. The van der Waals surface area contributed by atoms with Crippen molar-refractivity contribution in [3.63, 3.8) is 0 Å². The lowest BCUT2D eigenvalue weighted by atomic mass is 9.90. The predicted molar refractivity (Wildman–Crippen MR) is 76.6 cm³/mol. The zero-order valence-electron chi connectivity index (χ0n) is 12.3. The van der Waals surface area contributed by atoms with E-state index in [0.29, 0.717) is 6.54 Å². The van der Waals surface area contributed by atoms with E-state index in [1.165, 1.54) is 0 Å². The maximum atomic E-state index is 12.6. The second-order valence-corrected chi connectivity index (χ2v) is 6.20. The third-order valence-corrected chi connectivity index (χ3v) is 3.36. The molecule has 0 aromatic heterocycles. The zero-order chi connectivity index (χ0) is 14.3. The average Bonchev–Trinajstić information content (AvgIpc) is 2.32. The number of methoxy groups -OCH3 is 1. The van der Waals surface area contributed by atoms with E-state index >= 15 is 0 Å². The third-order valence-electron chi connectivity index (χ3n) is 3.36. The van der Waals surface area contributed by atoms with Crippen molar-refractivity contribution in [3.8, 4) is 5.75 Å². The summed E-state index contributed by atoms with van der Waals surface area (Å²) >= 11 is 0. The highest BCUT2D eigenvalue weighted by atomic mass is 16.5. The molecule has 1 N–H and O–H groups in total. The normalized spacial score (nSPS) is 21.3. The molecule has 19 heavy (non-hydrogen) atoms. The second kappa shape index (κ2) is 4.53. The van der Waals surface area contributed by atoms with Crippen LogP contribution in [0.1, 0.15) is 27.7 Å². The fraction of sp³-hybridized carbons (Fsp3) is 0.533. The highest BCUT2D eigenvalue weighted by Crippen LogP contribution is 2.33. The maximum Gasteiger partial charge on any atom is 0.246 e. The monoisotopic (exact) mass is 262 g/mol. The van der Waals surface area contributed by atoms with Gasteiger partial charge in [-0.25, -0.2) is 0 Å². The van der Waals surface area contributed by atoms with Gasteiger partial charge in [-0.2, -0.15) is 0 Å². The number of hydrogen-bond donors (Lipinski definition) is 1. The van der Waals surface area contributed by atoms with Gasteiger partial charge in [0.05, 0.1) is 18.3 Å². The second-order valence-electron chi connectivity index (χ2n) is 6.20. The number of piperazine rings is 1. The summed E-state index contributed by atoms with van der Waals surface area (Å²) < 4.78 is 5.37. The van der Waals surface area contributed by atoms with Crippen LogP contribution in [-0.4, -0.2) is 30.6 Å². The van der Waals surface area contributed by atoms with Crippen LogP contribution < -0.4 is 15.0 Å². The van der Waals surface area contributed by atoms with Crippen LogP contribution in [0, 0.1) is 0 Å². The molecule has 1 aromatic rings. The van der Waals surface area contributed by atoms with Gasteiger partial charge in [-0.1, -0.05) is 12.1 Å². The average molecular weight is 262 g/mol. The standard InChI is InChI=1S/C15H22N2O2/c1-14(2)10-17(13(18)15(3,4)16-14)11-8-6-7-9-12(11)19-5/h6-9,16H,10H2,1-5H3. The summed E-state index contributed by atoms with van der Waals surface area (Å²) in [5.41, 5.74) is 0.110. The number of carbonyl (C=O) groups is 1. The SMILES string of the molecule is COc1ccccc1N1CC(C)(C)NC(C)(C)C1=O. The Kier molecular flexibility index (Phi) is 3.31. The molecule has 4 heteroatoms. The van der Waals surface area contributed by atoms with E-state index in [2.05, 4.69) is 19.2 Å². The topological polar surface area (TPSA) is 41.6 Å². The van der Waals surface area contributed by atoms with E-state index in [1.54, 1.807) is 7.11 Å². The molecule has 4 nitrogen and oxygen atoms in total. The van der Waals surface area contributed by atoms with Crippen LogP contribution in [0.3, 0.4) is 0 Å². The van der Waals surface area contributed by atoms with Gasteiger partial charge in [0.15, 0.2) is 0 Å². The highest BCUT2D eigenvalue weighted by molar-refractivity contribution is 6.01. The smallest absolute Gasteiger partial charge is 0.246 e. The maximum absolute atomic E-state index is 12.6. The van der Waals surface area contributed by atoms with Gasteiger partial charge in [0.1, 0.15) is 5.75 Å². The van der Waals surface area contributed by atoms with Gasteiger partial charge >= 0.3 is 0 Å².